The molecule has 1 aliphatic rings. The summed E-state index contributed by atoms with van der Waals surface area (Å²) in [4.78, 5) is 0. The van der Waals surface area contributed by atoms with E-state index >= 15 is 0 Å². The van der Waals surface area contributed by atoms with Crippen LogP contribution in [0.4, 0.5) is 0 Å². The van der Waals surface area contributed by atoms with E-state index in [1.54, 1.807) is 0 Å². The molecular weight excluding hydrogens is 200 g/mol. The lowest BCUT2D eigenvalue weighted by Crippen LogP contribution is -2.14. The van der Waals surface area contributed by atoms with Gasteiger partial charge in [-0.2, -0.15) is 12.6 Å². The lowest BCUT2D eigenvalue weighted by molar-refractivity contribution is 0.334. The van der Waals surface area contributed by atoms with Crippen molar-refractivity contribution in [1.29, 1.82) is 0 Å². The van der Waals surface area contributed by atoms with Crippen LogP contribution in [0.5, 0.6) is 0 Å². The molecule has 15 heavy (non-hydrogen) atoms. The quantitative estimate of drug-likeness (QED) is 0.516. The number of allylic oxidation sites excluding steroid dienone is 2. The highest BCUT2D eigenvalue weighted by Gasteiger charge is 2.34. The molecule has 0 aromatic rings. The van der Waals surface area contributed by atoms with Gasteiger partial charge in [-0.15, -0.1) is 0 Å². The predicted octanol–water partition coefficient (Wildman–Crippen LogP) is 4.49. The Hall–Kier alpha value is -0.170. The van der Waals surface area contributed by atoms with Crippen LogP contribution in [-0.2, 0) is 0 Å². The van der Waals surface area contributed by atoms with E-state index in [0.717, 1.165) is 23.5 Å². The molecule has 1 saturated carbocycles. The van der Waals surface area contributed by atoms with Gasteiger partial charge in [-0.1, -0.05) is 37.6 Å². The molecule has 0 bridgehead atoms. The van der Waals surface area contributed by atoms with Crippen LogP contribution in [0.1, 0.15) is 39.5 Å². The number of rotatable bonds is 5. The molecule has 1 fully saturated rings. The van der Waals surface area contributed by atoms with E-state index in [0.29, 0.717) is 0 Å². The monoisotopic (exact) mass is 224 g/mol. The molecule has 0 spiro atoms. The minimum absolute atomic E-state index is 0.763. The van der Waals surface area contributed by atoms with Gasteiger partial charge in [0.05, 0.1) is 0 Å². The van der Waals surface area contributed by atoms with E-state index < -0.39 is 0 Å². The number of thiol groups is 1. The second kappa shape index (κ2) is 6.42. The summed E-state index contributed by atoms with van der Waals surface area (Å²) >= 11 is 4.20. The highest BCUT2D eigenvalue weighted by atomic mass is 32.1. The van der Waals surface area contributed by atoms with Gasteiger partial charge < -0.3 is 0 Å². The van der Waals surface area contributed by atoms with Crippen LogP contribution >= 0.6 is 12.6 Å². The Labute approximate surface area is 100 Å². The Balaban J connectivity index is 2.59. The summed E-state index contributed by atoms with van der Waals surface area (Å²) < 4.78 is 0. The van der Waals surface area contributed by atoms with Gasteiger partial charge in [-0.25, -0.2) is 0 Å². The summed E-state index contributed by atoms with van der Waals surface area (Å²) in [5, 5.41) is 0. The van der Waals surface area contributed by atoms with Crippen LogP contribution in [0.25, 0.3) is 0 Å². The van der Waals surface area contributed by atoms with Crippen LogP contribution in [0.3, 0.4) is 0 Å². The van der Waals surface area contributed by atoms with E-state index in [1.807, 2.05) is 0 Å². The summed E-state index contributed by atoms with van der Waals surface area (Å²) in [6.45, 7) is 8.66. The SMILES string of the molecule is C=C(C)C1CCC(CC)C1C/C=C\CS. The lowest BCUT2D eigenvalue weighted by atomic mass is 9.82. The van der Waals surface area contributed by atoms with Crippen molar-refractivity contribution in [3.05, 3.63) is 24.3 Å². The summed E-state index contributed by atoms with van der Waals surface area (Å²) in [7, 11) is 0. The fraction of sp³-hybridized carbons (Fsp3) is 0.714. The molecule has 0 amide bonds. The lowest BCUT2D eigenvalue weighted by Gasteiger charge is -2.23. The minimum Gasteiger partial charge on any atom is -0.175 e. The van der Waals surface area contributed by atoms with Gasteiger partial charge in [-0.3, -0.25) is 0 Å². The molecular formula is C14H24S. The molecule has 1 heteroatoms. The van der Waals surface area contributed by atoms with Crippen LogP contribution < -0.4 is 0 Å². The molecule has 3 unspecified atom stereocenters. The Morgan fingerprint density at radius 3 is 2.67 bits per heavy atom. The van der Waals surface area contributed by atoms with Gasteiger partial charge in [-0.05, 0) is 43.9 Å². The van der Waals surface area contributed by atoms with Gasteiger partial charge in [0, 0.05) is 5.75 Å². The van der Waals surface area contributed by atoms with E-state index in [4.69, 9.17) is 0 Å². The zero-order valence-electron chi connectivity index (χ0n) is 10.1. The Kier molecular flexibility index (Phi) is 5.52. The van der Waals surface area contributed by atoms with Gasteiger partial charge in [0.1, 0.15) is 0 Å². The fourth-order valence-corrected chi connectivity index (χ4v) is 3.10. The van der Waals surface area contributed by atoms with Crippen molar-refractivity contribution >= 4 is 12.6 Å². The van der Waals surface area contributed by atoms with Crippen LogP contribution in [-0.4, -0.2) is 5.75 Å². The zero-order chi connectivity index (χ0) is 11.3. The molecule has 0 aromatic carbocycles. The van der Waals surface area contributed by atoms with Crippen molar-refractivity contribution < 1.29 is 0 Å². The zero-order valence-corrected chi connectivity index (χ0v) is 11.0. The summed E-state index contributed by atoms with van der Waals surface area (Å²) in [5.41, 5.74) is 1.38. The molecule has 0 aromatic heterocycles. The molecule has 0 aliphatic heterocycles. The first-order valence-electron chi connectivity index (χ1n) is 6.12. The average Bonchev–Trinajstić information content (AvgIpc) is 2.61. The Bertz CT molecular complexity index is 229. The first-order chi connectivity index (χ1) is 7.20. The Morgan fingerprint density at radius 1 is 1.40 bits per heavy atom. The molecule has 1 aliphatic carbocycles. The van der Waals surface area contributed by atoms with Crippen molar-refractivity contribution in [3.63, 3.8) is 0 Å². The van der Waals surface area contributed by atoms with Crippen LogP contribution in [0.15, 0.2) is 24.3 Å². The minimum atomic E-state index is 0.763. The largest absolute Gasteiger partial charge is 0.175 e. The smallest absolute Gasteiger partial charge is 0.00825 e. The maximum absolute atomic E-state index is 4.20. The standard InChI is InChI=1S/C14H24S/c1-4-12-8-9-13(11(2)3)14(12)7-5-6-10-15/h5-6,12-15H,2,4,7-10H2,1,3H3/b6-5-. The molecule has 86 valence electrons. The maximum atomic E-state index is 4.20. The molecule has 1 rings (SSSR count). The van der Waals surface area contributed by atoms with E-state index in [9.17, 15) is 0 Å². The van der Waals surface area contributed by atoms with Crippen molar-refractivity contribution in [3.8, 4) is 0 Å². The van der Waals surface area contributed by atoms with Crippen LogP contribution in [0, 0.1) is 17.8 Å². The third-order valence-corrected chi connectivity index (χ3v) is 4.02. The highest BCUT2D eigenvalue weighted by molar-refractivity contribution is 7.80. The maximum Gasteiger partial charge on any atom is 0.00825 e. The summed E-state index contributed by atoms with van der Waals surface area (Å²) in [6, 6.07) is 0. The highest BCUT2D eigenvalue weighted by Crippen LogP contribution is 2.44. The van der Waals surface area contributed by atoms with Gasteiger partial charge in [0.15, 0.2) is 0 Å². The topological polar surface area (TPSA) is 0 Å². The number of hydrogen-bond donors (Lipinski definition) is 1. The second-order valence-corrected chi connectivity index (χ2v) is 5.12. The molecule has 3 atom stereocenters. The third kappa shape index (κ3) is 3.41. The van der Waals surface area contributed by atoms with E-state index in [-0.39, 0.29) is 0 Å². The summed E-state index contributed by atoms with van der Waals surface area (Å²) in [5.74, 6) is 3.38. The van der Waals surface area contributed by atoms with Crippen molar-refractivity contribution in [1.82, 2.24) is 0 Å². The Morgan fingerprint density at radius 2 is 2.13 bits per heavy atom. The van der Waals surface area contributed by atoms with Gasteiger partial charge in [0.25, 0.3) is 0 Å². The molecule has 0 saturated heterocycles. The van der Waals surface area contributed by atoms with Gasteiger partial charge >= 0.3 is 0 Å². The summed E-state index contributed by atoms with van der Waals surface area (Å²) in [6.07, 6.45) is 9.77. The van der Waals surface area contributed by atoms with E-state index in [1.165, 1.54) is 31.3 Å². The first kappa shape index (κ1) is 12.9. The molecule has 0 nitrogen and oxygen atoms in total. The van der Waals surface area contributed by atoms with Gasteiger partial charge in [0.2, 0.25) is 0 Å². The first-order valence-corrected chi connectivity index (χ1v) is 6.75. The molecule has 0 heterocycles. The second-order valence-electron chi connectivity index (χ2n) is 4.75. The van der Waals surface area contributed by atoms with Crippen molar-refractivity contribution in [2.75, 3.05) is 5.75 Å². The van der Waals surface area contributed by atoms with Crippen molar-refractivity contribution in [2.45, 2.75) is 39.5 Å². The fourth-order valence-electron chi connectivity index (χ4n) is 2.95. The average molecular weight is 224 g/mol. The normalized spacial score (nSPS) is 31.3. The van der Waals surface area contributed by atoms with Crippen LogP contribution in [0.2, 0.25) is 0 Å². The molecule has 0 radical (unpaired) electrons. The molecule has 0 N–H and O–H groups in total. The third-order valence-electron chi connectivity index (χ3n) is 3.81. The van der Waals surface area contributed by atoms with Crippen molar-refractivity contribution in [2.24, 2.45) is 17.8 Å². The predicted molar refractivity (Wildman–Crippen MR) is 72.4 cm³/mol. The van der Waals surface area contributed by atoms with E-state index in [2.05, 4.69) is 45.2 Å². The number of hydrogen-bond acceptors (Lipinski definition) is 1.